The number of ether oxygens (including phenoxy) is 2. The number of amides is 1. The van der Waals surface area contributed by atoms with Crippen LogP contribution >= 0.6 is 0 Å². The summed E-state index contributed by atoms with van der Waals surface area (Å²) in [6, 6.07) is 14.7. The van der Waals surface area contributed by atoms with Gasteiger partial charge in [-0.05, 0) is 61.9 Å². The minimum atomic E-state index is -0.0231. The van der Waals surface area contributed by atoms with E-state index in [1.165, 1.54) is 0 Å². The molecule has 0 radical (unpaired) electrons. The number of carbonyl (C=O) groups is 1. The van der Waals surface area contributed by atoms with Crippen LogP contribution in [0.4, 0.5) is 5.69 Å². The Morgan fingerprint density at radius 1 is 1.04 bits per heavy atom. The van der Waals surface area contributed by atoms with Gasteiger partial charge in [-0.15, -0.1) is 6.58 Å². The second kappa shape index (κ2) is 8.63. The maximum Gasteiger partial charge on any atom is 0.224 e. The third kappa shape index (κ3) is 5.51. The third-order valence-electron chi connectivity index (χ3n) is 3.08. The van der Waals surface area contributed by atoms with E-state index in [4.69, 9.17) is 9.47 Å². The molecule has 2 rings (SSSR count). The third-order valence-corrected chi connectivity index (χ3v) is 3.08. The van der Waals surface area contributed by atoms with Gasteiger partial charge in [0.05, 0.1) is 6.61 Å². The quantitative estimate of drug-likeness (QED) is 0.713. The van der Waals surface area contributed by atoms with Gasteiger partial charge in [0.1, 0.15) is 17.2 Å². The summed E-state index contributed by atoms with van der Waals surface area (Å²) in [5.41, 5.74) is 0.748. The van der Waals surface area contributed by atoms with Crippen LogP contribution in [0.5, 0.6) is 17.2 Å². The van der Waals surface area contributed by atoms with Crippen molar-refractivity contribution in [3.63, 3.8) is 0 Å². The lowest BCUT2D eigenvalue weighted by molar-refractivity contribution is -0.116. The number of allylic oxidation sites excluding steroid dienone is 1. The van der Waals surface area contributed by atoms with Gasteiger partial charge in [-0.1, -0.05) is 6.08 Å². The van der Waals surface area contributed by atoms with Crippen molar-refractivity contribution in [1.29, 1.82) is 0 Å². The van der Waals surface area contributed by atoms with Crippen LogP contribution in [0.15, 0.2) is 61.2 Å². The van der Waals surface area contributed by atoms with E-state index in [0.717, 1.165) is 17.2 Å². The molecule has 0 unspecified atom stereocenters. The van der Waals surface area contributed by atoms with Crippen LogP contribution in [-0.4, -0.2) is 12.5 Å². The molecular weight excluding hydrogens is 290 g/mol. The van der Waals surface area contributed by atoms with Crippen molar-refractivity contribution in [1.82, 2.24) is 0 Å². The van der Waals surface area contributed by atoms with Crippen LogP contribution < -0.4 is 14.8 Å². The maximum absolute atomic E-state index is 11.6. The van der Waals surface area contributed by atoms with Gasteiger partial charge in [0.25, 0.3) is 0 Å². The van der Waals surface area contributed by atoms with Gasteiger partial charge in [-0.2, -0.15) is 0 Å². The fourth-order valence-electron chi connectivity index (χ4n) is 1.97. The molecule has 0 aliphatic carbocycles. The monoisotopic (exact) mass is 311 g/mol. The van der Waals surface area contributed by atoms with E-state index in [1.54, 1.807) is 6.08 Å². The molecule has 4 heteroatoms. The zero-order valence-corrected chi connectivity index (χ0v) is 13.2. The lowest BCUT2D eigenvalue weighted by Gasteiger charge is -2.09. The van der Waals surface area contributed by atoms with Crippen molar-refractivity contribution in [2.45, 2.75) is 19.8 Å². The summed E-state index contributed by atoms with van der Waals surface area (Å²) < 4.78 is 11.1. The first-order valence-electron chi connectivity index (χ1n) is 7.63. The summed E-state index contributed by atoms with van der Waals surface area (Å²) >= 11 is 0. The Balaban J connectivity index is 1.91. The average molecular weight is 311 g/mol. The number of hydrogen-bond acceptors (Lipinski definition) is 3. The highest BCUT2D eigenvalue weighted by Crippen LogP contribution is 2.25. The zero-order valence-electron chi connectivity index (χ0n) is 13.2. The summed E-state index contributed by atoms with van der Waals surface area (Å²) in [5.74, 6) is 2.23. The molecule has 120 valence electrons. The molecule has 1 amide bonds. The number of anilines is 1. The largest absolute Gasteiger partial charge is 0.494 e. The molecule has 0 aliphatic heterocycles. The minimum Gasteiger partial charge on any atom is -0.494 e. The van der Waals surface area contributed by atoms with E-state index in [-0.39, 0.29) is 5.91 Å². The molecule has 23 heavy (non-hydrogen) atoms. The van der Waals surface area contributed by atoms with E-state index in [9.17, 15) is 4.79 Å². The minimum absolute atomic E-state index is 0.0231. The van der Waals surface area contributed by atoms with Crippen molar-refractivity contribution >= 4 is 11.6 Å². The topological polar surface area (TPSA) is 47.6 Å². The van der Waals surface area contributed by atoms with Crippen LogP contribution in [-0.2, 0) is 4.79 Å². The number of nitrogens with one attached hydrogen (secondary N) is 1. The highest BCUT2D eigenvalue weighted by atomic mass is 16.5. The van der Waals surface area contributed by atoms with E-state index < -0.39 is 0 Å². The van der Waals surface area contributed by atoms with Crippen LogP contribution in [0.3, 0.4) is 0 Å². The van der Waals surface area contributed by atoms with Crippen LogP contribution in [0.1, 0.15) is 19.8 Å². The Morgan fingerprint density at radius 3 is 2.17 bits per heavy atom. The Morgan fingerprint density at radius 2 is 1.61 bits per heavy atom. The molecule has 0 bridgehead atoms. The van der Waals surface area contributed by atoms with E-state index >= 15 is 0 Å². The van der Waals surface area contributed by atoms with Crippen molar-refractivity contribution in [2.75, 3.05) is 11.9 Å². The molecule has 0 aromatic heterocycles. The van der Waals surface area contributed by atoms with Gasteiger partial charge in [0, 0.05) is 12.1 Å². The smallest absolute Gasteiger partial charge is 0.224 e. The summed E-state index contributed by atoms with van der Waals surface area (Å²) in [6.07, 6.45) is 2.84. The summed E-state index contributed by atoms with van der Waals surface area (Å²) in [7, 11) is 0. The average Bonchev–Trinajstić information content (AvgIpc) is 2.57. The molecule has 0 saturated heterocycles. The maximum atomic E-state index is 11.6. The first kappa shape index (κ1) is 16.6. The lowest BCUT2D eigenvalue weighted by atomic mass is 10.2. The zero-order chi connectivity index (χ0) is 16.5. The highest BCUT2D eigenvalue weighted by molar-refractivity contribution is 5.90. The van der Waals surface area contributed by atoms with Crippen molar-refractivity contribution < 1.29 is 14.3 Å². The Kier molecular flexibility index (Phi) is 6.24. The number of rotatable bonds is 8. The van der Waals surface area contributed by atoms with E-state index in [2.05, 4.69) is 11.9 Å². The molecule has 0 fully saturated rings. The molecule has 0 heterocycles. The first-order chi connectivity index (χ1) is 11.2. The molecule has 0 atom stereocenters. The van der Waals surface area contributed by atoms with Gasteiger partial charge in [0.2, 0.25) is 5.91 Å². The molecule has 2 aromatic carbocycles. The molecule has 1 N–H and O–H groups in total. The standard InChI is InChI=1S/C19H21NO3/c1-3-5-6-19(21)20-15-7-9-17(10-8-15)23-18-13-11-16(12-14-18)22-4-2/h3,7-14H,1,4-6H2,2H3,(H,20,21). The lowest BCUT2D eigenvalue weighted by Crippen LogP contribution is -2.10. The van der Waals surface area contributed by atoms with Gasteiger partial charge < -0.3 is 14.8 Å². The first-order valence-corrected chi connectivity index (χ1v) is 7.63. The molecule has 2 aromatic rings. The van der Waals surface area contributed by atoms with Crippen LogP contribution in [0, 0.1) is 0 Å². The van der Waals surface area contributed by atoms with Crippen LogP contribution in [0.25, 0.3) is 0 Å². The second-order valence-corrected chi connectivity index (χ2v) is 4.91. The van der Waals surface area contributed by atoms with Gasteiger partial charge >= 0.3 is 0 Å². The van der Waals surface area contributed by atoms with E-state index in [1.807, 2.05) is 55.5 Å². The van der Waals surface area contributed by atoms with Crippen LogP contribution in [0.2, 0.25) is 0 Å². The van der Waals surface area contributed by atoms with Crippen molar-refractivity contribution in [2.24, 2.45) is 0 Å². The fraction of sp³-hybridized carbons (Fsp3) is 0.211. The molecule has 0 spiro atoms. The number of benzene rings is 2. The van der Waals surface area contributed by atoms with Crippen molar-refractivity contribution in [3.05, 3.63) is 61.2 Å². The number of carbonyl (C=O) groups excluding carboxylic acids is 1. The molecular formula is C19H21NO3. The fourth-order valence-corrected chi connectivity index (χ4v) is 1.97. The summed E-state index contributed by atoms with van der Waals surface area (Å²) in [5, 5.41) is 2.83. The molecule has 0 aliphatic rings. The Labute approximate surface area is 136 Å². The van der Waals surface area contributed by atoms with Crippen molar-refractivity contribution in [3.8, 4) is 17.2 Å². The Hall–Kier alpha value is -2.75. The predicted octanol–water partition coefficient (Wildman–Crippen LogP) is 4.78. The van der Waals surface area contributed by atoms with Gasteiger partial charge in [-0.3, -0.25) is 4.79 Å². The Bertz CT molecular complexity index is 633. The van der Waals surface area contributed by atoms with E-state index in [0.29, 0.717) is 25.2 Å². The summed E-state index contributed by atoms with van der Waals surface area (Å²) in [4.78, 5) is 11.6. The highest BCUT2D eigenvalue weighted by Gasteiger charge is 2.02. The number of hydrogen-bond donors (Lipinski definition) is 1. The molecule has 0 saturated carbocycles. The SMILES string of the molecule is C=CCCC(=O)Nc1ccc(Oc2ccc(OCC)cc2)cc1. The predicted molar refractivity (Wildman–Crippen MR) is 92.2 cm³/mol. The van der Waals surface area contributed by atoms with Gasteiger partial charge in [-0.25, -0.2) is 0 Å². The molecule has 4 nitrogen and oxygen atoms in total. The van der Waals surface area contributed by atoms with Gasteiger partial charge in [0.15, 0.2) is 0 Å². The summed E-state index contributed by atoms with van der Waals surface area (Å²) in [6.45, 7) is 6.19. The second-order valence-electron chi connectivity index (χ2n) is 4.91. The normalized spacial score (nSPS) is 9.96.